The second-order valence-electron chi connectivity index (χ2n) is 3.53. The van der Waals surface area contributed by atoms with Gasteiger partial charge in [-0.2, -0.15) is 0 Å². The van der Waals surface area contributed by atoms with Crippen molar-refractivity contribution in [1.29, 1.82) is 0 Å². The van der Waals surface area contributed by atoms with Crippen molar-refractivity contribution in [2.24, 2.45) is 5.92 Å². The van der Waals surface area contributed by atoms with Crippen LogP contribution in [0.15, 0.2) is 12.2 Å². The number of hydrogen-bond acceptors (Lipinski definition) is 0. The maximum atomic E-state index is 2.43. The minimum atomic E-state index is 0.865. The van der Waals surface area contributed by atoms with Gasteiger partial charge in [0.25, 0.3) is 0 Å². The first-order valence-corrected chi connectivity index (χ1v) is 7.13. The van der Waals surface area contributed by atoms with E-state index in [1.165, 1.54) is 46.6 Å². The van der Waals surface area contributed by atoms with Crippen LogP contribution in [-0.2, 0) is 0 Å². The number of hydrogen-bond donors (Lipinski definition) is 0. The Balaban J connectivity index is 3.59. The van der Waals surface area contributed by atoms with Gasteiger partial charge in [0.2, 0.25) is 0 Å². The van der Waals surface area contributed by atoms with Crippen molar-refractivity contribution in [2.45, 2.75) is 46.5 Å². The summed E-state index contributed by atoms with van der Waals surface area (Å²) in [6, 6.07) is 0. The van der Waals surface area contributed by atoms with Crippen molar-refractivity contribution in [2.75, 3.05) is 12.3 Å². The van der Waals surface area contributed by atoms with Gasteiger partial charge in [-0.05, 0) is 37.5 Å². The zero-order valence-electron chi connectivity index (χ0n) is 9.47. The van der Waals surface area contributed by atoms with Gasteiger partial charge in [-0.3, -0.25) is 0 Å². The number of rotatable bonds is 8. The maximum Gasteiger partial charge on any atom is -0.0230 e. The lowest BCUT2D eigenvalue weighted by Gasteiger charge is -2.10. The van der Waals surface area contributed by atoms with Gasteiger partial charge in [0.05, 0.1) is 0 Å². The topological polar surface area (TPSA) is 0 Å². The molecule has 0 N–H and O–H groups in total. The van der Waals surface area contributed by atoms with Crippen LogP contribution < -0.4 is 0 Å². The lowest BCUT2D eigenvalue weighted by Crippen LogP contribution is -1.97. The van der Waals surface area contributed by atoms with Crippen molar-refractivity contribution in [3.05, 3.63) is 12.2 Å². The van der Waals surface area contributed by atoms with Crippen LogP contribution in [0.5, 0.6) is 0 Å². The summed E-state index contributed by atoms with van der Waals surface area (Å²) in [6.45, 7) is 6.79. The molecule has 0 spiro atoms. The van der Waals surface area contributed by atoms with Crippen LogP contribution in [-0.4, -0.2) is 12.3 Å². The van der Waals surface area contributed by atoms with Gasteiger partial charge in [-0.1, -0.05) is 39.3 Å². The first kappa shape index (κ1) is 13.2. The molecule has 0 saturated carbocycles. The second kappa shape index (κ2) is 10.3. The Labute approximate surface area is 86.0 Å². The normalized spacial score (nSPS) is 14.7. The first-order valence-electron chi connectivity index (χ1n) is 5.72. The van der Waals surface area contributed by atoms with E-state index in [-0.39, 0.29) is 0 Å². The van der Waals surface area contributed by atoms with Crippen LogP contribution in [0.3, 0.4) is 0 Å². The molecule has 0 aromatic heterocycles. The van der Waals surface area contributed by atoms with E-state index in [0.29, 0.717) is 0 Å². The molecule has 0 nitrogen and oxygen atoms in total. The molecule has 0 fully saturated rings. The fraction of sp³-hybridized carbons (Fsp3) is 0.833. The molecule has 0 aliphatic rings. The highest BCUT2D eigenvalue weighted by Crippen LogP contribution is 2.19. The molecular formula is C12H25P. The highest BCUT2D eigenvalue weighted by molar-refractivity contribution is 7.37. The Kier molecular flexibility index (Phi) is 10.4. The summed E-state index contributed by atoms with van der Waals surface area (Å²) in [5.74, 6) is 0.865. The van der Waals surface area contributed by atoms with E-state index in [4.69, 9.17) is 0 Å². The lowest BCUT2D eigenvalue weighted by atomic mass is 10.00. The molecule has 2 atom stereocenters. The van der Waals surface area contributed by atoms with Gasteiger partial charge in [-0.25, -0.2) is 0 Å². The molecular weight excluding hydrogens is 175 g/mol. The van der Waals surface area contributed by atoms with E-state index in [1.54, 1.807) is 0 Å². The molecule has 78 valence electrons. The molecule has 0 aliphatic heterocycles. The molecule has 1 heteroatoms. The molecule has 0 saturated heterocycles. The zero-order chi connectivity index (χ0) is 9.94. The zero-order valence-corrected chi connectivity index (χ0v) is 10.5. The van der Waals surface area contributed by atoms with Crippen molar-refractivity contribution in [3.63, 3.8) is 0 Å². The molecule has 0 rings (SSSR count). The summed E-state index contributed by atoms with van der Waals surface area (Å²) in [7, 11) is 1.18. The molecule has 0 aromatic rings. The summed E-state index contributed by atoms with van der Waals surface area (Å²) in [5.41, 5.74) is 0. The van der Waals surface area contributed by atoms with Gasteiger partial charge in [0, 0.05) is 0 Å². The minimum Gasteiger partial charge on any atom is -0.122 e. The summed E-state index contributed by atoms with van der Waals surface area (Å²) >= 11 is 0. The van der Waals surface area contributed by atoms with E-state index in [0.717, 1.165) is 5.92 Å². The van der Waals surface area contributed by atoms with E-state index in [1.807, 2.05) is 0 Å². The molecule has 0 radical (unpaired) electrons. The third-order valence-electron chi connectivity index (χ3n) is 2.25. The molecule has 0 amide bonds. The Morgan fingerprint density at radius 1 is 1.15 bits per heavy atom. The minimum absolute atomic E-state index is 0.865. The van der Waals surface area contributed by atoms with Crippen LogP contribution in [0.2, 0.25) is 0 Å². The Morgan fingerprint density at radius 3 is 2.46 bits per heavy atom. The Bertz CT molecular complexity index is 118. The van der Waals surface area contributed by atoms with Gasteiger partial charge >= 0.3 is 0 Å². The fourth-order valence-corrected chi connectivity index (χ4v) is 2.43. The third-order valence-corrected chi connectivity index (χ3v) is 3.39. The van der Waals surface area contributed by atoms with E-state index in [2.05, 4.69) is 32.9 Å². The lowest BCUT2D eigenvalue weighted by molar-refractivity contribution is 0.565. The monoisotopic (exact) mass is 200 g/mol. The number of allylic oxidation sites excluding steroid dienone is 2. The summed E-state index contributed by atoms with van der Waals surface area (Å²) in [5, 5.41) is 0. The molecule has 0 bridgehead atoms. The molecule has 0 heterocycles. The quantitative estimate of drug-likeness (QED) is 0.308. The molecule has 0 aromatic carbocycles. The first-order chi connectivity index (χ1) is 6.35. The smallest absolute Gasteiger partial charge is 0.0230 e. The van der Waals surface area contributed by atoms with E-state index < -0.39 is 0 Å². The predicted octanol–water partition coefficient (Wildman–Crippen LogP) is 4.46. The van der Waals surface area contributed by atoms with Crippen molar-refractivity contribution in [3.8, 4) is 0 Å². The van der Waals surface area contributed by atoms with E-state index in [9.17, 15) is 0 Å². The molecule has 0 aliphatic carbocycles. The van der Waals surface area contributed by atoms with Crippen molar-refractivity contribution >= 4 is 8.58 Å². The van der Waals surface area contributed by atoms with Crippen molar-refractivity contribution in [1.82, 2.24) is 0 Å². The third kappa shape index (κ3) is 8.50. The fourth-order valence-electron chi connectivity index (χ4n) is 1.50. The van der Waals surface area contributed by atoms with Crippen LogP contribution in [0.1, 0.15) is 46.5 Å². The average Bonchev–Trinajstić information content (AvgIpc) is 2.14. The van der Waals surface area contributed by atoms with Gasteiger partial charge in [-0.15, -0.1) is 8.58 Å². The Hall–Kier alpha value is 0.170. The van der Waals surface area contributed by atoms with Crippen LogP contribution in [0.4, 0.5) is 0 Å². The van der Waals surface area contributed by atoms with Gasteiger partial charge in [0.1, 0.15) is 0 Å². The predicted molar refractivity (Wildman–Crippen MR) is 66.2 cm³/mol. The summed E-state index contributed by atoms with van der Waals surface area (Å²) in [6.07, 6.45) is 12.9. The van der Waals surface area contributed by atoms with E-state index >= 15 is 0 Å². The van der Waals surface area contributed by atoms with Gasteiger partial charge < -0.3 is 0 Å². The van der Waals surface area contributed by atoms with Crippen LogP contribution >= 0.6 is 8.58 Å². The maximum absolute atomic E-state index is 2.43. The van der Waals surface area contributed by atoms with Crippen LogP contribution in [0, 0.1) is 5.92 Å². The highest BCUT2D eigenvalue weighted by Gasteiger charge is 2.01. The highest BCUT2D eigenvalue weighted by atomic mass is 31.1. The van der Waals surface area contributed by atoms with Gasteiger partial charge in [0.15, 0.2) is 0 Å². The summed E-state index contributed by atoms with van der Waals surface area (Å²) in [4.78, 5) is 0. The SMILES string of the molecule is CCC=CC(CCC)CCPCC. The average molecular weight is 200 g/mol. The van der Waals surface area contributed by atoms with Crippen molar-refractivity contribution < 1.29 is 0 Å². The summed E-state index contributed by atoms with van der Waals surface area (Å²) < 4.78 is 0. The van der Waals surface area contributed by atoms with Crippen LogP contribution in [0.25, 0.3) is 0 Å². The Morgan fingerprint density at radius 2 is 1.92 bits per heavy atom. The molecule has 13 heavy (non-hydrogen) atoms. The second-order valence-corrected chi connectivity index (χ2v) is 5.23. The standard InChI is InChI=1S/C12H25P/c1-4-7-9-12(8-5-2)10-11-13-6-3/h7,9,12-13H,4-6,8,10-11H2,1-3H3. The largest absolute Gasteiger partial charge is 0.122 e. The molecule has 2 unspecified atom stereocenters.